The molecule has 1 unspecified atom stereocenters. The Morgan fingerprint density at radius 2 is 2.12 bits per heavy atom. The highest BCUT2D eigenvalue weighted by atomic mass is 35.5. The number of likely N-dealkylation sites (tertiary alicyclic amines) is 1. The molecule has 0 bridgehead atoms. The summed E-state index contributed by atoms with van der Waals surface area (Å²) < 4.78 is 13.7. The zero-order valence-corrected chi connectivity index (χ0v) is 15.4. The molecule has 1 amide bonds. The Labute approximate surface area is 157 Å². The maximum absolute atomic E-state index is 13.7. The van der Waals surface area contributed by atoms with Crippen LogP contribution in [0.3, 0.4) is 0 Å². The molecular weight excluding hydrogens is 372 g/mol. The van der Waals surface area contributed by atoms with Gasteiger partial charge in [0.25, 0.3) is 5.91 Å². The number of carbonyl (C=O) groups is 1. The van der Waals surface area contributed by atoms with Gasteiger partial charge in [-0.05, 0) is 24.5 Å². The molecule has 0 saturated carbocycles. The summed E-state index contributed by atoms with van der Waals surface area (Å²) in [7, 11) is 0. The highest BCUT2D eigenvalue weighted by Crippen LogP contribution is 2.19. The van der Waals surface area contributed by atoms with Gasteiger partial charge in [-0.25, -0.2) is 9.37 Å². The van der Waals surface area contributed by atoms with Gasteiger partial charge in [0.15, 0.2) is 0 Å². The topological polar surface area (TPSA) is 59.2 Å². The minimum Gasteiger partial charge on any atom is -0.336 e. The number of amides is 1. The van der Waals surface area contributed by atoms with Crippen LogP contribution in [0.25, 0.3) is 0 Å². The number of rotatable bonds is 3. The lowest BCUT2D eigenvalue weighted by molar-refractivity contribution is 0.0703. The number of nitrogens with two attached hydrogens (primary N) is 1. The van der Waals surface area contributed by atoms with E-state index in [-0.39, 0.29) is 42.6 Å². The largest absolute Gasteiger partial charge is 0.336 e. The Morgan fingerprint density at radius 3 is 2.83 bits per heavy atom. The summed E-state index contributed by atoms with van der Waals surface area (Å²) in [4.78, 5) is 18.5. The third-order valence-corrected chi connectivity index (χ3v) is 4.66. The second-order valence-corrected chi connectivity index (χ2v) is 6.49. The number of hydrogen-bond donors (Lipinski definition) is 1. The summed E-state index contributed by atoms with van der Waals surface area (Å²) >= 11 is 1.39. The molecule has 1 aliphatic heterocycles. The predicted molar refractivity (Wildman–Crippen MR) is 98.9 cm³/mol. The van der Waals surface area contributed by atoms with Crippen LogP contribution in [0.2, 0.25) is 0 Å². The number of aromatic nitrogens is 1. The minimum absolute atomic E-state index is 0. The van der Waals surface area contributed by atoms with Crippen molar-refractivity contribution < 1.29 is 9.18 Å². The van der Waals surface area contributed by atoms with Gasteiger partial charge in [-0.2, -0.15) is 0 Å². The van der Waals surface area contributed by atoms with Crippen LogP contribution in [0.4, 0.5) is 4.39 Å². The van der Waals surface area contributed by atoms with Crippen LogP contribution in [0, 0.1) is 5.82 Å². The SMILES string of the molecule is Cl.Cl.NC1CCCN(C(=O)c2csc(Cc3ccccc3F)n2)C1. The van der Waals surface area contributed by atoms with E-state index in [2.05, 4.69) is 4.98 Å². The molecule has 132 valence electrons. The lowest BCUT2D eigenvalue weighted by atomic mass is 10.1. The van der Waals surface area contributed by atoms with Crippen molar-refractivity contribution in [3.05, 3.63) is 51.7 Å². The fraction of sp³-hybridized carbons (Fsp3) is 0.375. The molecule has 1 saturated heterocycles. The van der Waals surface area contributed by atoms with E-state index in [1.54, 1.807) is 28.5 Å². The molecule has 2 N–H and O–H groups in total. The first kappa shape index (κ1) is 20.8. The van der Waals surface area contributed by atoms with Crippen molar-refractivity contribution >= 4 is 42.1 Å². The summed E-state index contributed by atoms with van der Waals surface area (Å²) in [6.45, 7) is 1.31. The number of carbonyl (C=O) groups excluding carboxylic acids is 1. The average molecular weight is 392 g/mol. The van der Waals surface area contributed by atoms with Crippen molar-refractivity contribution in [3.63, 3.8) is 0 Å². The Balaban J connectivity index is 0.00000144. The summed E-state index contributed by atoms with van der Waals surface area (Å²) in [6.07, 6.45) is 2.29. The van der Waals surface area contributed by atoms with Gasteiger partial charge in [-0.15, -0.1) is 36.2 Å². The lowest BCUT2D eigenvalue weighted by Gasteiger charge is -2.30. The molecule has 1 atom stereocenters. The summed E-state index contributed by atoms with van der Waals surface area (Å²) in [5.41, 5.74) is 6.94. The van der Waals surface area contributed by atoms with E-state index in [9.17, 15) is 9.18 Å². The predicted octanol–water partition coefficient (Wildman–Crippen LogP) is 3.28. The fourth-order valence-electron chi connectivity index (χ4n) is 2.65. The molecule has 3 rings (SSSR count). The van der Waals surface area contributed by atoms with Crippen molar-refractivity contribution in [3.8, 4) is 0 Å². The zero-order chi connectivity index (χ0) is 15.5. The summed E-state index contributed by atoms with van der Waals surface area (Å²) in [6, 6.07) is 6.68. The van der Waals surface area contributed by atoms with Crippen molar-refractivity contribution in [2.24, 2.45) is 5.73 Å². The molecule has 2 aromatic rings. The van der Waals surface area contributed by atoms with E-state index in [0.29, 0.717) is 24.2 Å². The van der Waals surface area contributed by atoms with Crippen LogP contribution in [0.15, 0.2) is 29.6 Å². The van der Waals surface area contributed by atoms with E-state index < -0.39 is 0 Å². The molecule has 1 fully saturated rings. The maximum atomic E-state index is 13.7. The highest BCUT2D eigenvalue weighted by Gasteiger charge is 2.24. The third-order valence-electron chi connectivity index (χ3n) is 3.82. The van der Waals surface area contributed by atoms with Crippen LogP contribution in [-0.4, -0.2) is 34.9 Å². The summed E-state index contributed by atoms with van der Waals surface area (Å²) in [5, 5.41) is 2.49. The molecule has 24 heavy (non-hydrogen) atoms. The van der Waals surface area contributed by atoms with Gasteiger partial charge in [0.1, 0.15) is 11.5 Å². The number of hydrogen-bond acceptors (Lipinski definition) is 4. The van der Waals surface area contributed by atoms with Gasteiger partial charge in [0.2, 0.25) is 0 Å². The molecule has 1 aromatic heterocycles. The van der Waals surface area contributed by atoms with Crippen LogP contribution in [0.5, 0.6) is 0 Å². The third kappa shape index (κ3) is 4.89. The van der Waals surface area contributed by atoms with Gasteiger partial charge >= 0.3 is 0 Å². The second-order valence-electron chi connectivity index (χ2n) is 5.55. The van der Waals surface area contributed by atoms with Crippen LogP contribution in [0.1, 0.15) is 33.9 Å². The number of nitrogens with zero attached hydrogens (tertiary/aromatic N) is 2. The molecule has 4 nitrogen and oxygen atoms in total. The van der Waals surface area contributed by atoms with Crippen LogP contribution < -0.4 is 5.73 Å². The lowest BCUT2D eigenvalue weighted by Crippen LogP contribution is -2.45. The van der Waals surface area contributed by atoms with E-state index in [0.717, 1.165) is 24.4 Å². The molecular formula is C16H20Cl2FN3OS. The maximum Gasteiger partial charge on any atom is 0.273 e. The molecule has 0 radical (unpaired) electrons. The fourth-order valence-corrected chi connectivity index (χ4v) is 3.44. The minimum atomic E-state index is -0.243. The normalized spacial score (nSPS) is 16.9. The van der Waals surface area contributed by atoms with Crippen molar-refractivity contribution in [2.75, 3.05) is 13.1 Å². The average Bonchev–Trinajstić information content (AvgIpc) is 2.97. The Kier molecular flexibility index (Phi) is 8.09. The van der Waals surface area contributed by atoms with E-state index in [4.69, 9.17) is 5.73 Å². The standard InChI is InChI=1S/C16H18FN3OS.2ClH/c17-13-6-2-1-4-11(13)8-15-19-14(10-22-15)16(21)20-7-3-5-12(18)9-20;;/h1-2,4,6,10,12H,3,5,7-9,18H2;2*1H. The van der Waals surface area contributed by atoms with Gasteiger partial charge in [-0.1, -0.05) is 18.2 Å². The first-order valence-corrected chi connectivity index (χ1v) is 8.24. The molecule has 8 heteroatoms. The van der Waals surface area contributed by atoms with Crippen LogP contribution >= 0.6 is 36.2 Å². The van der Waals surface area contributed by atoms with Crippen molar-refractivity contribution in [1.82, 2.24) is 9.88 Å². The van der Waals surface area contributed by atoms with Gasteiger partial charge in [-0.3, -0.25) is 4.79 Å². The second kappa shape index (κ2) is 9.32. The molecule has 0 aliphatic carbocycles. The Bertz CT molecular complexity index is 683. The van der Waals surface area contributed by atoms with Gasteiger partial charge in [0.05, 0.1) is 5.01 Å². The smallest absolute Gasteiger partial charge is 0.273 e. The van der Waals surface area contributed by atoms with Crippen LogP contribution in [-0.2, 0) is 6.42 Å². The molecule has 2 heterocycles. The zero-order valence-electron chi connectivity index (χ0n) is 13.0. The van der Waals surface area contributed by atoms with E-state index in [1.807, 2.05) is 0 Å². The quantitative estimate of drug-likeness (QED) is 0.872. The molecule has 0 spiro atoms. The van der Waals surface area contributed by atoms with Crippen molar-refractivity contribution in [2.45, 2.75) is 25.3 Å². The Hall–Kier alpha value is -1.21. The van der Waals surface area contributed by atoms with E-state index >= 15 is 0 Å². The van der Waals surface area contributed by atoms with Gasteiger partial charge < -0.3 is 10.6 Å². The number of piperidine rings is 1. The molecule has 1 aromatic carbocycles. The number of halogens is 3. The number of thiazole rings is 1. The summed E-state index contributed by atoms with van der Waals surface area (Å²) in [5.74, 6) is -0.321. The van der Waals surface area contributed by atoms with Crippen molar-refractivity contribution in [1.29, 1.82) is 0 Å². The first-order chi connectivity index (χ1) is 10.6. The monoisotopic (exact) mass is 391 g/mol. The number of benzene rings is 1. The van der Waals surface area contributed by atoms with Gasteiger partial charge in [0, 0.05) is 30.9 Å². The first-order valence-electron chi connectivity index (χ1n) is 7.36. The highest BCUT2D eigenvalue weighted by molar-refractivity contribution is 7.09. The van der Waals surface area contributed by atoms with E-state index in [1.165, 1.54) is 17.4 Å². The molecule has 1 aliphatic rings. The Morgan fingerprint density at radius 1 is 1.38 bits per heavy atom.